The Morgan fingerprint density at radius 2 is 1.73 bits per heavy atom. The summed E-state index contributed by atoms with van der Waals surface area (Å²) >= 11 is 0. The Kier molecular flexibility index (Phi) is 6.86. The molecule has 0 aromatic heterocycles. The number of alkyl halides is 6. The fourth-order valence-corrected chi connectivity index (χ4v) is 5.23. The first kappa shape index (κ1) is 25.1. The molecule has 1 aromatic rings. The van der Waals surface area contributed by atoms with Gasteiger partial charge in [-0.3, -0.25) is 0 Å². The van der Waals surface area contributed by atoms with E-state index in [1.54, 1.807) is 17.2 Å². The number of allylic oxidation sites excluding steroid dienone is 4. The minimum absolute atomic E-state index is 0.200. The Morgan fingerprint density at radius 3 is 2.27 bits per heavy atom. The van der Waals surface area contributed by atoms with Crippen LogP contribution in [0.25, 0.3) is 0 Å². The fraction of sp³-hybridized carbons (Fsp3) is 0.364. The first-order chi connectivity index (χ1) is 15.2. The number of sulfonamides is 1. The lowest BCUT2D eigenvalue weighted by Crippen LogP contribution is -2.42. The molecule has 3 rings (SSSR count). The quantitative estimate of drug-likeness (QED) is 0.466. The van der Waals surface area contributed by atoms with Crippen molar-refractivity contribution in [2.24, 2.45) is 5.92 Å². The number of benzene rings is 1. The number of halogens is 6. The summed E-state index contributed by atoms with van der Waals surface area (Å²) in [6, 6.07) is -0.311. The van der Waals surface area contributed by atoms with Crippen molar-refractivity contribution in [3.05, 3.63) is 82.7 Å². The van der Waals surface area contributed by atoms with Crippen LogP contribution in [0, 0.1) is 5.92 Å². The summed E-state index contributed by atoms with van der Waals surface area (Å²) in [5.41, 5.74) is -1.22. The van der Waals surface area contributed by atoms with E-state index < -0.39 is 46.1 Å². The highest BCUT2D eigenvalue weighted by molar-refractivity contribution is 7.93. The number of nitrogens with zero attached hydrogens (tertiary/aromatic N) is 2. The van der Waals surface area contributed by atoms with Crippen molar-refractivity contribution < 1.29 is 34.8 Å². The maximum atomic E-state index is 14.0. The van der Waals surface area contributed by atoms with E-state index in [1.807, 2.05) is 13.0 Å². The molecule has 0 amide bonds. The summed E-state index contributed by atoms with van der Waals surface area (Å²) in [4.78, 5) is 1.33. The fourth-order valence-electron chi connectivity index (χ4n) is 3.59. The Balaban J connectivity index is 2.03. The van der Waals surface area contributed by atoms with Gasteiger partial charge in [-0.2, -0.15) is 30.6 Å². The van der Waals surface area contributed by atoms with E-state index in [4.69, 9.17) is 0 Å². The Morgan fingerprint density at radius 1 is 1.09 bits per heavy atom. The van der Waals surface area contributed by atoms with E-state index in [2.05, 4.69) is 0 Å². The standard InChI is InChI=1S/C22H22F6N2O2S/c1-3-30(20(22(26,27)28)16-5-7-17(8-6-16)21(23,24)25)33(31,32)19-11-13-29-12-10-15(2)4-9-18(29)14-19/h5-15,20H,3-4H2,1-2H3/t15?,20-/m1/s1. The highest BCUT2D eigenvalue weighted by Gasteiger charge is 2.49. The van der Waals surface area contributed by atoms with Gasteiger partial charge in [0.2, 0.25) is 10.0 Å². The molecule has 0 radical (unpaired) electrons. The van der Waals surface area contributed by atoms with Gasteiger partial charge in [0.05, 0.1) is 10.5 Å². The van der Waals surface area contributed by atoms with Crippen LogP contribution >= 0.6 is 0 Å². The van der Waals surface area contributed by atoms with Gasteiger partial charge in [-0.15, -0.1) is 0 Å². The first-order valence-electron chi connectivity index (χ1n) is 10.1. The van der Waals surface area contributed by atoms with Crippen molar-refractivity contribution in [1.82, 2.24) is 9.21 Å². The lowest BCUT2D eigenvalue weighted by Gasteiger charge is -2.33. The van der Waals surface area contributed by atoms with Crippen LogP contribution in [0.15, 0.2) is 71.6 Å². The van der Waals surface area contributed by atoms with E-state index >= 15 is 0 Å². The smallest absolute Gasteiger partial charge is 0.324 e. The van der Waals surface area contributed by atoms with Gasteiger partial charge in [0.25, 0.3) is 0 Å². The van der Waals surface area contributed by atoms with Gasteiger partial charge in [-0.1, -0.05) is 38.1 Å². The monoisotopic (exact) mass is 492 g/mol. The predicted molar refractivity (Wildman–Crippen MR) is 112 cm³/mol. The van der Waals surface area contributed by atoms with Crippen LogP contribution in [0.4, 0.5) is 26.3 Å². The van der Waals surface area contributed by atoms with Crippen LogP contribution < -0.4 is 0 Å². The van der Waals surface area contributed by atoms with Gasteiger partial charge in [-0.25, -0.2) is 8.42 Å². The third-order valence-electron chi connectivity index (χ3n) is 5.33. The number of hydrogen-bond donors (Lipinski definition) is 0. The lowest BCUT2D eigenvalue weighted by molar-refractivity contribution is -0.173. The second-order valence-electron chi connectivity index (χ2n) is 7.73. The molecule has 1 aromatic carbocycles. The molecule has 0 bridgehead atoms. The van der Waals surface area contributed by atoms with Crippen molar-refractivity contribution in [3.8, 4) is 0 Å². The summed E-state index contributed by atoms with van der Waals surface area (Å²) in [5.74, 6) is 0.200. The molecule has 180 valence electrons. The van der Waals surface area contributed by atoms with Crippen molar-refractivity contribution in [3.63, 3.8) is 0 Å². The third kappa shape index (κ3) is 5.35. The van der Waals surface area contributed by atoms with Gasteiger partial charge >= 0.3 is 12.4 Å². The van der Waals surface area contributed by atoms with E-state index in [0.29, 0.717) is 36.4 Å². The predicted octanol–water partition coefficient (Wildman–Crippen LogP) is 6.11. The molecule has 2 heterocycles. The molecule has 0 aliphatic carbocycles. The maximum Gasteiger partial charge on any atom is 0.416 e. The van der Waals surface area contributed by atoms with Crippen LogP contribution in [0.3, 0.4) is 0 Å². The molecule has 4 nitrogen and oxygen atoms in total. The highest BCUT2D eigenvalue weighted by Crippen LogP contribution is 2.42. The molecule has 33 heavy (non-hydrogen) atoms. The molecule has 0 N–H and O–H groups in total. The Labute approximate surface area is 188 Å². The molecule has 2 aliphatic rings. The molecule has 1 unspecified atom stereocenters. The van der Waals surface area contributed by atoms with E-state index in [-0.39, 0.29) is 15.1 Å². The van der Waals surface area contributed by atoms with Gasteiger partial charge in [0, 0.05) is 24.6 Å². The van der Waals surface area contributed by atoms with E-state index in [9.17, 15) is 34.8 Å². The topological polar surface area (TPSA) is 40.6 Å². The molecule has 2 atom stereocenters. The van der Waals surface area contributed by atoms with E-state index in [1.165, 1.54) is 25.3 Å². The van der Waals surface area contributed by atoms with Crippen LogP contribution in [-0.4, -0.2) is 30.3 Å². The summed E-state index contributed by atoms with van der Waals surface area (Å²) in [7, 11) is -4.65. The zero-order valence-corrected chi connectivity index (χ0v) is 18.5. The molecular formula is C22H22F6N2O2S. The van der Waals surface area contributed by atoms with Crippen molar-refractivity contribution in [2.75, 3.05) is 6.54 Å². The van der Waals surface area contributed by atoms with Crippen LogP contribution in [0.2, 0.25) is 0 Å². The number of hydrogen-bond acceptors (Lipinski definition) is 3. The Bertz CT molecular complexity index is 1100. The Hall–Kier alpha value is -2.53. The molecule has 0 saturated heterocycles. The summed E-state index contributed by atoms with van der Waals surface area (Å²) in [6.07, 6.45) is 0.226. The van der Waals surface area contributed by atoms with Crippen molar-refractivity contribution >= 4 is 10.0 Å². The normalized spacial score (nSPS) is 20.3. The molecule has 11 heteroatoms. The third-order valence-corrected chi connectivity index (χ3v) is 7.27. The van der Waals surface area contributed by atoms with E-state index in [0.717, 1.165) is 0 Å². The van der Waals surface area contributed by atoms with Gasteiger partial charge in [-0.05, 0) is 42.2 Å². The van der Waals surface area contributed by atoms with Crippen LogP contribution in [-0.2, 0) is 16.2 Å². The second kappa shape index (κ2) is 9.02. The maximum absolute atomic E-state index is 14.0. The molecule has 0 saturated carbocycles. The minimum Gasteiger partial charge on any atom is -0.324 e. The molecule has 0 fully saturated rings. The molecular weight excluding hydrogens is 470 g/mol. The first-order valence-corrected chi connectivity index (χ1v) is 11.5. The minimum atomic E-state index is -5.06. The lowest BCUT2D eigenvalue weighted by atomic mass is 10.0. The summed E-state index contributed by atoms with van der Waals surface area (Å²) < 4.78 is 108. The summed E-state index contributed by atoms with van der Waals surface area (Å²) in [6.45, 7) is 2.67. The van der Waals surface area contributed by atoms with Crippen LogP contribution in [0.5, 0.6) is 0 Å². The van der Waals surface area contributed by atoms with Crippen molar-refractivity contribution in [1.29, 1.82) is 0 Å². The largest absolute Gasteiger partial charge is 0.416 e. The van der Waals surface area contributed by atoms with Gasteiger partial charge in [0.15, 0.2) is 0 Å². The zero-order valence-electron chi connectivity index (χ0n) is 17.7. The van der Waals surface area contributed by atoms with Gasteiger partial charge < -0.3 is 4.90 Å². The zero-order chi connectivity index (χ0) is 24.6. The average molecular weight is 492 g/mol. The number of rotatable bonds is 5. The average Bonchev–Trinajstić information content (AvgIpc) is 2.91. The molecule has 2 aliphatic heterocycles. The SMILES string of the molecule is CCN([C@H](c1ccc(C(F)(F)F)cc1)C(F)(F)F)S(=O)(=O)C1=CC2=CCC(C)C=CN2C=C1. The van der Waals surface area contributed by atoms with Crippen LogP contribution in [0.1, 0.15) is 37.4 Å². The molecule has 0 spiro atoms. The number of fused-ring (bicyclic) bond motifs is 1. The summed E-state index contributed by atoms with van der Waals surface area (Å²) in [5, 5.41) is 0. The highest BCUT2D eigenvalue weighted by atomic mass is 32.2. The second-order valence-corrected chi connectivity index (χ2v) is 9.62. The van der Waals surface area contributed by atoms with Crippen molar-refractivity contribution in [2.45, 2.75) is 38.7 Å². The van der Waals surface area contributed by atoms with Gasteiger partial charge in [0.1, 0.15) is 6.04 Å².